The van der Waals surface area contributed by atoms with Crippen LogP contribution < -0.4 is 5.32 Å². The monoisotopic (exact) mass is 431 g/mol. The van der Waals surface area contributed by atoms with Crippen LogP contribution in [0.4, 0.5) is 0 Å². The van der Waals surface area contributed by atoms with Crippen LogP contribution in [0.1, 0.15) is 28.8 Å². The fourth-order valence-electron chi connectivity index (χ4n) is 2.32. The number of halogens is 1. The van der Waals surface area contributed by atoms with Gasteiger partial charge in [-0.05, 0) is 50.8 Å². The Morgan fingerprint density at radius 2 is 2.14 bits per heavy atom. The molecule has 28 heavy (non-hydrogen) atoms. The normalized spacial score (nSPS) is 11.3. The van der Waals surface area contributed by atoms with Gasteiger partial charge < -0.3 is 5.32 Å². The number of thiazole rings is 1. The van der Waals surface area contributed by atoms with Gasteiger partial charge in [-0.2, -0.15) is 11.8 Å². The first-order valence-corrected chi connectivity index (χ1v) is 11.1. The van der Waals surface area contributed by atoms with E-state index < -0.39 is 0 Å². The van der Waals surface area contributed by atoms with Crippen LogP contribution in [0, 0.1) is 26.2 Å². The van der Waals surface area contributed by atoms with Crippen LogP contribution in [-0.4, -0.2) is 27.4 Å². The molecule has 3 rings (SSSR count). The number of amides is 1. The Hall–Kier alpha value is -2.07. The molecule has 0 saturated carbocycles. The molecule has 4 nitrogen and oxygen atoms in total. The highest BCUT2D eigenvalue weighted by molar-refractivity contribution is 7.99. The molecule has 0 fully saturated rings. The molecule has 1 amide bonds. The molecule has 0 aliphatic rings. The minimum atomic E-state index is 0.0102. The van der Waals surface area contributed by atoms with Gasteiger partial charge >= 0.3 is 0 Å². The van der Waals surface area contributed by atoms with E-state index in [1.807, 2.05) is 50.6 Å². The molecule has 3 aromatic rings. The summed E-state index contributed by atoms with van der Waals surface area (Å²) in [5.74, 6) is 2.63. The van der Waals surface area contributed by atoms with Crippen LogP contribution in [0.3, 0.4) is 0 Å². The molecule has 1 atom stereocenters. The zero-order valence-corrected chi connectivity index (χ0v) is 18.6. The lowest BCUT2D eigenvalue weighted by atomic mass is 10.1. The Labute approximate surface area is 179 Å². The molecule has 146 valence electrons. The molecule has 0 aliphatic carbocycles. The molecule has 0 saturated heterocycles. The average Bonchev–Trinajstić information content (AvgIpc) is 3.10. The van der Waals surface area contributed by atoms with E-state index in [1.54, 1.807) is 29.3 Å². The van der Waals surface area contributed by atoms with Gasteiger partial charge in [-0.1, -0.05) is 17.5 Å². The lowest BCUT2D eigenvalue weighted by Gasteiger charge is -2.07. The zero-order chi connectivity index (χ0) is 20.7. The Morgan fingerprint density at radius 1 is 1.39 bits per heavy atom. The second kappa shape index (κ2) is 10.5. The SMILES string of the molecule is C#Cc1cnc2c(Cl)cc(C)cc2c1.CSC(C)C(=O)NCc1nc(C)cs1. The number of thioether (sulfide) groups is 1. The zero-order valence-electron chi connectivity index (χ0n) is 16.2. The third kappa shape index (κ3) is 6.23. The highest BCUT2D eigenvalue weighted by atomic mass is 35.5. The number of aromatic nitrogens is 2. The van der Waals surface area contributed by atoms with E-state index in [1.165, 1.54) is 0 Å². The number of benzene rings is 1. The molecule has 1 aromatic carbocycles. The van der Waals surface area contributed by atoms with E-state index in [9.17, 15) is 4.79 Å². The summed E-state index contributed by atoms with van der Waals surface area (Å²) in [5, 5.41) is 7.47. The molecule has 0 radical (unpaired) electrons. The van der Waals surface area contributed by atoms with Crippen molar-refractivity contribution in [1.29, 1.82) is 0 Å². The summed E-state index contributed by atoms with van der Waals surface area (Å²) in [6, 6.07) is 5.84. The van der Waals surface area contributed by atoms with Crippen molar-refractivity contribution >= 4 is 51.5 Å². The standard InChI is InChI=1S/C12H8ClN.C9H14N2OS2/c1-3-9-6-10-4-8(2)5-11(13)12(10)14-7-9;1-6-5-14-8(11-6)4-10-9(12)7(2)13-3/h1,4-7H,2H3;5,7H,4H2,1-3H3,(H,10,12). The lowest BCUT2D eigenvalue weighted by Crippen LogP contribution is -2.30. The first-order valence-electron chi connectivity index (χ1n) is 8.58. The topological polar surface area (TPSA) is 54.9 Å². The fraction of sp³-hybridized carbons (Fsp3) is 0.286. The number of aryl methyl sites for hydroxylation is 2. The third-order valence-electron chi connectivity index (χ3n) is 3.85. The number of terminal acetylenes is 1. The van der Waals surface area contributed by atoms with Crippen LogP contribution in [0.5, 0.6) is 0 Å². The number of hydrogen-bond acceptors (Lipinski definition) is 5. The number of fused-ring (bicyclic) bond motifs is 1. The van der Waals surface area contributed by atoms with Crippen molar-refractivity contribution in [2.24, 2.45) is 0 Å². The van der Waals surface area contributed by atoms with Gasteiger partial charge in [0, 0.05) is 28.2 Å². The van der Waals surface area contributed by atoms with Gasteiger partial charge in [0.25, 0.3) is 0 Å². The number of rotatable bonds is 4. The highest BCUT2D eigenvalue weighted by Crippen LogP contribution is 2.23. The van der Waals surface area contributed by atoms with Gasteiger partial charge in [0.15, 0.2) is 0 Å². The maximum atomic E-state index is 11.4. The third-order valence-corrected chi connectivity index (χ3v) is 6.03. The smallest absolute Gasteiger partial charge is 0.233 e. The minimum Gasteiger partial charge on any atom is -0.349 e. The molecule has 0 spiro atoms. The van der Waals surface area contributed by atoms with Gasteiger partial charge in [0.05, 0.1) is 22.3 Å². The van der Waals surface area contributed by atoms with E-state index in [-0.39, 0.29) is 11.2 Å². The second-order valence-corrected chi connectivity index (χ2v) is 8.69. The van der Waals surface area contributed by atoms with Crippen LogP contribution >= 0.6 is 34.7 Å². The summed E-state index contributed by atoms with van der Waals surface area (Å²) in [5.41, 5.74) is 3.70. The molecule has 2 heterocycles. The minimum absolute atomic E-state index is 0.0102. The first-order chi connectivity index (χ1) is 13.3. The van der Waals surface area contributed by atoms with Crippen molar-refractivity contribution in [2.45, 2.75) is 32.6 Å². The summed E-state index contributed by atoms with van der Waals surface area (Å²) in [7, 11) is 0. The van der Waals surface area contributed by atoms with Crippen LogP contribution in [-0.2, 0) is 11.3 Å². The number of pyridine rings is 1. The summed E-state index contributed by atoms with van der Waals surface area (Å²) in [4.78, 5) is 19.9. The molecular weight excluding hydrogens is 410 g/mol. The van der Waals surface area contributed by atoms with E-state index >= 15 is 0 Å². The average molecular weight is 432 g/mol. The Kier molecular flexibility index (Phi) is 8.31. The van der Waals surface area contributed by atoms with Gasteiger partial charge in [0.1, 0.15) is 5.01 Å². The predicted molar refractivity (Wildman–Crippen MR) is 121 cm³/mol. The Bertz CT molecular complexity index is 1010. The van der Waals surface area contributed by atoms with Crippen molar-refractivity contribution in [3.05, 3.63) is 56.6 Å². The molecule has 0 aliphatic heterocycles. The largest absolute Gasteiger partial charge is 0.349 e. The van der Waals surface area contributed by atoms with Crippen molar-refractivity contribution in [3.63, 3.8) is 0 Å². The van der Waals surface area contributed by atoms with Crippen LogP contribution in [0.25, 0.3) is 10.9 Å². The number of nitrogens with zero attached hydrogens (tertiary/aromatic N) is 2. The van der Waals surface area contributed by atoms with Gasteiger partial charge in [-0.15, -0.1) is 17.8 Å². The number of carbonyl (C=O) groups excluding carboxylic acids is 1. The quantitative estimate of drug-likeness (QED) is 0.591. The van der Waals surface area contributed by atoms with E-state index in [4.69, 9.17) is 18.0 Å². The summed E-state index contributed by atoms with van der Waals surface area (Å²) in [6.07, 6.45) is 8.88. The molecule has 1 N–H and O–H groups in total. The number of hydrogen-bond donors (Lipinski definition) is 1. The second-order valence-electron chi connectivity index (χ2n) is 6.17. The molecular formula is C21H22ClN3OS2. The summed E-state index contributed by atoms with van der Waals surface area (Å²) in [6.45, 7) is 6.38. The summed E-state index contributed by atoms with van der Waals surface area (Å²) >= 11 is 9.17. The Balaban J connectivity index is 0.000000200. The highest BCUT2D eigenvalue weighted by Gasteiger charge is 2.10. The van der Waals surface area contributed by atoms with E-state index in [0.29, 0.717) is 11.6 Å². The molecule has 7 heteroatoms. The fourth-order valence-corrected chi connectivity index (χ4v) is 3.66. The molecule has 1 unspecified atom stereocenters. The van der Waals surface area contributed by atoms with Crippen molar-refractivity contribution in [3.8, 4) is 12.3 Å². The first kappa shape index (κ1) is 22.2. The van der Waals surface area contributed by atoms with Crippen molar-refractivity contribution in [2.75, 3.05) is 6.26 Å². The number of nitrogens with one attached hydrogen (secondary N) is 1. The van der Waals surface area contributed by atoms with Crippen LogP contribution in [0.2, 0.25) is 5.02 Å². The van der Waals surface area contributed by atoms with Crippen molar-refractivity contribution in [1.82, 2.24) is 15.3 Å². The van der Waals surface area contributed by atoms with Gasteiger partial charge in [-0.25, -0.2) is 4.98 Å². The van der Waals surface area contributed by atoms with E-state index in [2.05, 4.69) is 21.2 Å². The number of carbonyl (C=O) groups is 1. The van der Waals surface area contributed by atoms with Gasteiger partial charge in [-0.3, -0.25) is 9.78 Å². The summed E-state index contributed by atoms with van der Waals surface area (Å²) < 4.78 is 0. The Morgan fingerprint density at radius 3 is 2.75 bits per heavy atom. The predicted octanol–water partition coefficient (Wildman–Crippen LogP) is 5.00. The van der Waals surface area contributed by atoms with Gasteiger partial charge in [0.2, 0.25) is 5.91 Å². The molecule has 2 aromatic heterocycles. The maximum Gasteiger partial charge on any atom is 0.233 e. The van der Waals surface area contributed by atoms with Crippen molar-refractivity contribution < 1.29 is 4.79 Å². The maximum absolute atomic E-state index is 11.4. The molecule has 0 bridgehead atoms. The van der Waals surface area contributed by atoms with Crippen LogP contribution in [0.15, 0.2) is 29.8 Å². The van der Waals surface area contributed by atoms with E-state index in [0.717, 1.165) is 32.7 Å². The lowest BCUT2D eigenvalue weighted by molar-refractivity contribution is -0.120.